The first kappa shape index (κ1) is 13.0. The van der Waals surface area contributed by atoms with Crippen molar-refractivity contribution in [3.8, 4) is 0 Å². The van der Waals surface area contributed by atoms with Crippen molar-refractivity contribution in [3.63, 3.8) is 0 Å². The van der Waals surface area contributed by atoms with Gasteiger partial charge in [-0.3, -0.25) is 0 Å². The summed E-state index contributed by atoms with van der Waals surface area (Å²) in [5.74, 6) is 0.411. The van der Waals surface area contributed by atoms with E-state index in [1.165, 1.54) is 43.7 Å². The van der Waals surface area contributed by atoms with Gasteiger partial charge < -0.3 is 5.32 Å². The monoisotopic (exact) mass is 271 g/mol. The van der Waals surface area contributed by atoms with Gasteiger partial charge in [0.05, 0.1) is 0 Å². The molecule has 1 aliphatic carbocycles. The minimum Gasteiger partial charge on any atom is -0.369 e. The van der Waals surface area contributed by atoms with Gasteiger partial charge in [0, 0.05) is 11.9 Å². The molecule has 104 valence electrons. The Morgan fingerprint density at radius 3 is 3.00 bits per heavy atom. The van der Waals surface area contributed by atoms with E-state index < -0.39 is 0 Å². The maximum absolute atomic E-state index is 13.7. The highest BCUT2D eigenvalue weighted by atomic mass is 19.1. The molecule has 0 fully saturated rings. The average molecular weight is 271 g/mol. The molecule has 1 aromatic carbocycles. The van der Waals surface area contributed by atoms with Gasteiger partial charge in [-0.15, -0.1) is 0 Å². The number of hydrogen-bond acceptors (Lipinski definition) is 3. The zero-order valence-electron chi connectivity index (χ0n) is 11.4. The molecule has 1 aromatic heterocycles. The lowest BCUT2D eigenvalue weighted by Gasteiger charge is -2.13. The standard InChI is InChI=1S/C16H18FN3/c17-14-8-4-7-13-15(14)19-11-20-16(13)18-10-9-12-5-2-1-3-6-12/h4-5,7-8,11H,1-3,6,9-10H2,(H,18,19,20). The Kier molecular flexibility index (Phi) is 3.90. The average Bonchev–Trinajstić information content (AvgIpc) is 2.49. The zero-order chi connectivity index (χ0) is 13.8. The van der Waals surface area contributed by atoms with Crippen molar-refractivity contribution >= 4 is 16.7 Å². The van der Waals surface area contributed by atoms with E-state index in [1.54, 1.807) is 6.07 Å². The van der Waals surface area contributed by atoms with Crippen LogP contribution >= 0.6 is 0 Å². The van der Waals surface area contributed by atoms with E-state index in [2.05, 4.69) is 21.4 Å². The normalized spacial score (nSPS) is 15.2. The second kappa shape index (κ2) is 5.99. The number of rotatable bonds is 4. The molecule has 0 saturated carbocycles. The highest BCUT2D eigenvalue weighted by Gasteiger charge is 2.07. The molecule has 1 aliphatic rings. The fourth-order valence-corrected chi connectivity index (χ4v) is 2.67. The molecular weight excluding hydrogens is 253 g/mol. The van der Waals surface area contributed by atoms with Crippen LogP contribution < -0.4 is 5.32 Å². The summed E-state index contributed by atoms with van der Waals surface area (Å²) in [7, 11) is 0. The van der Waals surface area contributed by atoms with Crippen molar-refractivity contribution in [3.05, 3.63) is 42.0 Å². The summed E-state index contributed by atoms with van der Waals surface area (Å²) in [6, 6.07) is 4.96. The van der Waals surface area contributed by atoms with E-state index >= 15 is 0 Å². The quantitative estimate of drug-likeness (QED) is 0.852. The van der Waals surface area contributed by atoms with Crippen LogP contribution in [0.15, 0.2) is 36.2 Å². The Bertz CT molecular complexity index is 637. The number of benzene rings is 1. The summed E-state index contributed by atoms with van der Waals surface area (Å²) in [6.45, 7) is 0.828. The van der Waals surface area contributed by atoms with Crippen molar-refractivity contribution in [1.29, 1.82) is 0 Å². The molecule has 0 aliphatic heterocycles. The fourth-order valence-electron chi connectivity index (χ4n) is 2.67. The maximum Gasteiger partial charge on any atom is 0.149 e. The van der Waals surface area contributed by atoms with Gasteiger partial charge in [-0.1, -0.05) is 17.7 Å². The predicted molar refractivity (Wildman–Crippen MR) is 79.2 cm³/mol. The third-order valence-electron chi connectivity index (χ3n) is 3.74. The van der Waals surface area contributed by atoms with E-state index in [1.807, 2.05) is 6.07 Å². The molecule has 0 amide bonds. The number of hydrogen-bond donors (Lipinski definition) is 1. The van der Waals surface area contributed by atoms with Crippen LogP contribution in [0.25, 0.3) is 10.9 Å². The lowest BCUT2D eigenvalue weighted by Crippen LogP contribution is -2.06. The number of nitrogens with zero attached hydrogens (tertiary/aromatic N) is 2. The van der Waals surface area contributed by atoms with Crippen LogP contribution in [0.3, 0.4) is 0 Å². The van der Waals surface area contributed by atoms with Gasteiger partial charge in [0.2, 0.25) is 0 Å². The lowest BCUT2D eigenvalue weighted by molar-refractivity contribution is 0.636. The van der Waals surface area contributed by atoms with Crippen LogP contribution in [0, 0.1) is 5.82 Å². The second-order valence-electron chi connectivity index (χ2n) is 5.14. The third kappa shape index (κ3) is 2.79. The van der Waals surface area contributed by atoms with Crippen molar-refractivity contribution in [2.24, 2.45) is 0 Å². The molecule has 20 heavy (non-hydrogen) atoms. The van der Waals surface area contributed by atoms with Gasteiger partial charge in [-0.2, -0.15) is 0 Å². The smallest absolute Gasteiger partial charge is 0.149 e. The first-order valence-electron chi connectivity index (χ1n) is 7.15. The van der Waals surface area contributed by atoms with E-state index in [4.69, 9.17) is 0 Å². The SMILES string of the molecule is Fc1cccc2c(NCCC3=CCCCC3)ncnc12. The molecule has 0 saturated heterocycles. The summed E-state index contributed by atoms with van der Waals surface area (Å²) in [4.78, 5) is 8.22. The number of anilines is 1. The number of halogens is 1. The molecular formula is C16H18FN3. The molecule has 1 N–H and O–H groups in total. The zero-order valence-corrected chi connectivity index (χ0v) is 11.4. The van der Waals surface area contributed by atoms with Crippen molar-refractivity contribution in [2.45, 2.75) is 32.1 Å². The van der Waals surface area contributed by atoms with Crippen molar-refractivity contribution < 1.29 is 4.39 Å². The molecule has 3 rings (SSSR count). The Hall–Kier alpha value is -1.97. The molecule has 0 bridgehead atoms. The highest BCUT2D eigenvalue weighted by Crippen LogP contribution is 2.23. The van der Waals surface area contributed by atoms with E-state index in [-0.39, 0.29) is 5.82 Å². The molecule has 0 unspecified atom stereocenters. The predicted octanol–water partition coefficient (Wildman–Crippen LogP) is 4.07. The third-order valence-corrected chi connectivity index (χ3v) is 3.74. The van der Waals surface area contributed by atoms with Crippen LogP contribution in [-0.2, 0) is 0 Å². The van der Waals surface area contributed by atoms with Gasteiger partial charge in [0.25, 0.3) is 0 Å². The summed E-state index contributed by atoms with van der Waals surface area (Å²) < 4.78 is 13.7. The highest BCUT2D eigenvalue weighted by molar-refractivity contribution is 5.89. The topological polar surface area (TPSA) is 37.8 Å². The lowest BCUT2D eigenvalue weighted by atomic mass is 9.97. The first-order valence-corrected chi connectivity index (χ1v) is 7.15. The Morgan fingerprint density at radius 1 is 1.20 bits per heavy atom. The number of nitrogens with one attached hydrogen (secondary N) is 1. The minimum atomic E-state index is -0.303. The van der Waals surface area contributed by atoms with E-state index in [0.29, 0.717) is 11.3 Å². The van der Waals surface area contributed by atoms with Gasteiger partial charge in [-0.05, 0) is 44.2 Å². The van der Waals surface area contributed by atoms with Crippen LogP contribution in [-0.4, -0.2) is 16.5 Å². The van der Waals surface area contributed by atoms with Crippen molar-refractivity contribution in [2.75, 3.05) is 11.9 Å². The minimum absolute atomic E-state index is 0.303. The Balaban J connectivity index is 1.71. The number of allylic oxidation sites excluding steroid dienone is 1. The van der Waals surface area contributed by atoms with Crippen LogP contribution in [0.4, 0.5) is 10.2 Å². The maximum atomic E-state index is 13.7. The van der Waals surface area contributed by atoms with E-state index in [9.17, 15) is 4.39 Å². The molecule has 2 aromatic rings. The van der Waals surface area contributed by atoms with Crippen LogP contribution in [0.5, 0.6) is 0 Å². The molecule has 0 spiro atoms. The number of para-hydroxylation sites is 1. The van der Waals surface area contributed by atoms with Crippen LogP contribution in [0.1, 0.15) is 32.1 Å². The summed E-state index contributed by atoms with van der Waals surface area (Å²) >= 11 is 0. The first-order chi connectivity index (χ1) is 9.84. The number of fused-ring (bicyclic) bond motifs is 1. The summed E-state index contributed by atoms with van der Waals surface area (Å²) in [6.07, 6.45) is 9.81. The van der Waals surface area contributed by atoms with Gasteiger partial charge in [0.1, 0.15) is 23.5 Å². The van der Waals surface area contributed by atoms with Crippen LogP contribution in [0.2, 0.25) is 0 Å². The molecule has 1 heterocycles. The summed E-state index contributed by atoms with van der Waals surface area (Å²) in [5.41, 5.74) is 1.90. The van der Waals surface area contributed by atoms with Gasteiger partial charge in [0.15, 0.2) is 0 Å². The largest absolute Gasteiger partial charge is 0.369 e. The molecule has 0 radical (unpaired) electrons. The summed E-state index contributed by atoms with van der Waals surface area (Å²) in [5, 5.41) is 4.04. The fraction of sp³-hybridized carbons (Fsp3) is 0.375. The Morgan fingerprint density at radius 2 is 2.15 bits per heavy atom. The van der Waals surface area contributed by atoms with Crippen molar-refractivity contribution in [1.82, 2.24) is 9.97 Å². The molecule has 3 nitrogen and oxygen atoms in total. The van der Waals surface area contributed by atoms with E-state index in [0.717, 1.165) is 18.4 Å². The number of aromatic nitrogens is 2. The van der Waals surface area contributed by atoms with Gasteiger partial charge >= 0.3 is 0 Å². The Labute approximate surface area is 117 Å². The molecule has 0 atom stereocenters. The molecule has 4 heteroatoms. The second-order valence-corrected chi connectivity index (χ2v) is 5.14. The van der Waals surface area contributed by atoms with Gasteiger partial charge in [-0.25, -0.2) is 14.4 Å².